The second-order valence-electron chi connectivity index (χ2n) is 8.36. The van der Waals surface area contributed by atoms with Crippen molar-refractivity contribution in [3.63, 3.8) is 0 Å². The van der Waals surface area contributed by atoms with Crippen molar-refractivity contribution in [1.82, 2.24) is 0 Å². The molecule has 0 aliphatic carbocycles. The number of benzene rings is 2. The molecule has 4 rings (SSSR count). The first kappa shape index (κ1) is 25.4. The van der Waals surface area contributed by atoms with Gasteiger partial charge in [-0.3, -0.25) is 14.4 Å². The minimum Gasteiger partial charge on any atom is -0.508 e. The number of phenols is 1. The molecule has 0 aromatic heterocycles. The van der Waals surface area contributed by atoms with Gasteiger partial charge in [0.05, 0.1) is 11.5 Å². The fraction of sp³-hybridized carbons (Fsp3) is 0.375. The van der Waals surface area contributed by atoms with Crippen LogP contribution in [0.15, 0.2) is 42.5 Å². The van der Waals surface area contributed by atoms with Crippen LogP contribution in [-0.2, 0) is 19.1 Å². The highest BCUT2D eigenvalue weighted by molar-refractivity contribution is 6.04. The largest absolute Gasteiger partial charge is 0.508 e. The van der Waals surface area contributed by atoms with E-state index in [9.17, 15) is 34.8 Å². The fourth-order valence-corrected chi connectivity index (χ4v) is 3.92. The summed E-state index contributed by atoms with van der Waals surface area (Å²) in [4.78, 5) is 35.0. The number of carboxylic acids is 1. The molecule has 0 radical (unpaired) electrons. The highest BCUT2D eigenvalue weighted by Gasteiger charge is 2.45. The molecule has 5 N–H and O–H groups in total. The Bertz CT molecular complexity index is 1130. The maximum Gasteiger partial charge on any atom is 0.317 e. The molecule has 1 fully saturated rings. The van der Waals surface area contributed by atoms with Crippen LogP contribution in [0, 0.1) is 0 Å². The molecule has 2 aromatic rings. The Labute approximate surface area is 204 Å². The molecule has 36 heavy (non-hydrogen) atoms. The predicted octanol–water partition coefficient (Wildman–Crippen LogP) is -0.0446. The van der Waals surface area contributed by atoms with Crippen LogP contribution in [0.1, 0.15) is 28.3 Å². The maximum atomic E-state index is 13.0. The SMILES string of the molecule is O=C(O)CC(=O)OC[C@H]1O[C@@H](Oc2ccc3c(c2)OC[C@@H](c2ccc(O)cc2)C3=O)[C@H](O)[C@@H](O)[C@@H]1O. The normalized spacial score (nSPS) is 27.5. The molecular weight excluding hydrogens is 480 g/mol. The van der Waals surface area contributed by atoms with Gasteiger partial charge in [-0.1, -0.05) is 12.1 Å². The van der Waals surface area contributed by atoms with E-state index in [4.69, 9.17) is 24.1 Å². The van der Waals surface area contributed by atoms with Crippen molar-refractivity contribution in [2.24, 2.45) is 0 Å². The van der Waals surface area contributed by atoms with E-state index in [1.54, 1.807) is 12.1 Å². The minimum atomic E-state index is -1.71. The standard InChI is InChI=1S/C24H24O12/c25-12-3-1-11(2-4-12)15-9-33-16-7-13(5-6-14(16)20(15)29)35-24-23(32)22(31)21(30)17(36-24)10-34-19(28)8-18(26)27/h1-7,15,17,21-25,30-32H,8-10H2,(H,26,27)/t15-,17+,21+,22-,23+,24+/m0/s1. The number of aliphatic hydroxyl groups excluding tert-OH is 3. The molecule has 0 saturated carbocycles. The number of rotatable bonds is 7. The number of esters is 1. The van der Waals surface area contributed by atoms with Crippen molar-refractivity contribution in [3.05, 3.63) is 53.6 Å². The van der Waals surface area contributed by atoms with E-state index in [1.165, 1.54) is 30.3 Å². The summed E-state index contributed by atoms with van der Waals surface area (Å²) < 4.78 is 21.6. The number of ether oxygens (including phenoxy) is 4. The molecule has 6 atom stereocenters. The molecule has 0 amide bonds. The summed E-state index contributed by atoms with van der Waals surface area (Å²) in [5.74, 6) is -2.78. The van der Waals surface area contributed by atoms with Crippen molar-refractivity contribution in [3.8, 4) is 17.2 Å². The van der Waals surface area contributed by atoms with Gasteiger partial charge >= 0.3 is 11.9 Å². The monoisotopic (exact) mass is 504 g/mol. The van der Waals surface area contributed by atoms with Crippen LogP contribution >= 0.6 is 0 Å². The third-order valence-electron chi connectivity index (χ3n) is 5.86. The van der Waals surface area contributed by atoms with E-state index in [2.05, 4.69) is 0 Å². The van der Waals surface area contributed by atoms with Gasteiger partial charge in [-0.25, -0.2) is 0 Å². The Morgan fingerprint density at radius 1 is 1.00 bits per heavy atom. The zero-order chi connectivity index (χ0) is 26.0. The van der Waals surface area contributed by atoms with Crippen molar-refractivity contribution in [2.45, 2.75) is 43.0 Å². The van der Waals surface area contributed by atoms with Crippen LogP contribution in [0.5, 0.6) is 17.2 Å². The molecule has 1 saturated heterocycles. The second-order valence-corrected chi connectivity index (χ2v) is 8.36. The number of hydrogen-bond acceptors (Lipinski definition) is 11. The number of fused-ring (bicyclic) bond motifs is 1. The molecule has 2 aromatic carbocycles. The zero-order valence-electron chi connectivity index (χ0n) is 18.7. The molecule has 2 aliphatic rings. The fourth-order valence-electron chi connectivity index (χ4n) is 3.92. The molecule has 2 heterocycles. The lowest BCUT2D eigenvalue weighted by molar-refractivity contribution is -0.278. The predicted molar refractivity (Wildman–Crippen MR) is 118 cm³/mol. The number of carbonyl (C=O) groups is 3. The first-order chi connectivity index (χ1) is 17.1. The van der Waals surface area contributed by atoms with E-state index < -0.39 is 61.6 Å². The van der Waals surface area contributed by atoms with Gasteiger partial charge in [0, 0.05) is 6.07 Å². The Morgan fingerprint density at radius 3 is 2.42 bits per heavy atom. The summed E-state index contributed by atoms with van der Waals surface area (Å²) in [5.41, 5.74) is 0.987. The lowest BCUT2D eigenvalue weighted by Gasteiger charge is -2.40. The highest BCUT2D eigenvalue weighted by Crippen LogP contribution is 2.36. The number of carboxylic acid groups (broad SMARTS) is 1. The van der Waals surface area contributed by atoms with E-state index >= 15 is 0 Å². The molecule has 0 unspecified atom stereocenters. The van der Waals surface area contributed by atoms with Gasteiger partial charge in [0.1, 0.15) is 61.3 Å². The summed E-state index contributed by atoms with van der Waals surface area (Å²) in [7, 11) is 0. The van der Waals surface area contributed by atoms with Crippen molar-refractivity contribution in [1.29, 1.82) is 0 Å². The Hall–Kier alpha value is -3.71. The Kier molecular flexibility index (Phi) is 7.40. The Balaban J connectivity index is 1.44. The first-order valence-corrected chi connectivity index (χ1v) is 11.0. The quantitative estimate of drug-likeness (QED) is 0.250. The Morgan fingerprint density at radius 2 is 1.72 bits per heavy atom. The average molecular weight is 504 g/mol. The molecule has 192 valence electrons. The van der Waals surface area contributed by atoms with Gasteiger partial charge in [-0.2, -0.15) is 0 Å². The smallest absolute Gasteiger partial charge is 0.317 e. The van der Waals surface area contributed by atoms with Gasteiger partial charge in [-0.05, 0) is 29.8 Å². The topological polar surface area (TPSA) is 189 Å². The number of aromatic hydroxyl groups is 1. The van der Waals surface area contributed by atoms with Gasteiger partial charge in [0.2, 0.25) is 6.29 Å². The number of phenolic OH excluding ortho intramolecular Hbond substituents is 1. The number of hydrogen-bond donors (Lipinski definition) is 5. The van der Waals surface area contributed by atoms with Gasteiger partial charge in [-0.15, -0.1) is 0 Å². The lowest BCUT2D eigenvalue weighted by atomic mass is 9.89. The van der Waals surface area contributed by atoms with Crippen molar-refractivity contribution in [2.75, 3.05) is 13.2 Å². The van der Waals surface area contributed by atoms with Gasteiger partial charge in [0.15, 0.2) is 5.78 Å². The van der Waals surface area contributed by atoms with Gasteiger partial charge in [0.25, 0.3) is 0 Å². The third-order valence-corrected chi connectivity index (χ3v) is 5.86. The van der Waals surface area contributed by atoms with Crippen LogP contribution in [0.4, 0.5) is 0 Å². The molecule has 2 aliphatic heterocycles. The number of Topliss-reactive ketones (excluding diaryl/α,β-unsaturated/α-hetero) is 1. The molecule has 0 bridgehead atoms. The maximum absolute atomic E-state index is 13.0. The minimum absolute atomic E-state index is 0.0529. The second kappa shape index (κ2) is 10.5. The summed E-state index contributed by atoms with van der Waals surface area (Å²) in [6.07, 6.45) is -8.73. The molecule has 12 heteroatoms. The summed E-state index contributed by atoms with van der Waals surface area (Å²) in [6.45, 7) is -0.533. The summed E-state index contributed by atoms with van der Waals surface area (Å²) in [5, 5.41) is 48.7. The van der Waals surface area contributed by atoms with E-state index in [0.717, 1.165) is 0 Å². The molecule has 0 spiro atoms. The van der Waals surface area contributed by atoms with Crippen LogP contribution in [0.3, 0.4) is 0 Å². The van der Waals surface area contributed by atoms with Crippen LogP contribution in [0.25, 0.3) is 0 Å². The number of ketones is 1. The van der Waals surface area contributed by atoms with Gasteiger partial charge < -0.3 is 44.5 Å². The van der Waals surface area contributed by atoms with E-state index in [-0.39, 0.29) is 29.6 Å². The zero-order valence-corrected chi connectivity index (χ0v) is 18.7. The molecule has 12 nitrogen and oxygen atoms in total. The highest BCUT2D eigenvalue weighted by atomic mass is 16.7. The van der Waals surface area contributed by atoms with E-state index in [1.807, 2.05) is 0 Å². The lowest BCUT2D eigenvalue weighted by Crippen LogP contribution is -2.60. The molecular formula is C24H24O12. The number of carbonyl (C=O) groups excluding carboxylic acids is 2. The van der Waals surface area contributed by atoms with Crippen molar-refractivity contribution < 1.29 is 58.9 Å². The van der Waals surface area contributed by atoms with Crippen molar-refractivity contribution >= 4 is 17.7 Å². The summed E-state index contributed by atoms with van der Waals surface area (Å²) in [6, 6.07) is 10.6. The number of aliphatic hydroxyl groups is 3. The van der Waals surface area contributed by atoms with Crippen LogP contribution in [0.2, 0.25) is 0 Å². The number of aliphatic carboxylic acids is 1. The van der Waals surface area contributed by atoms with Crippen LogP contribution < -0.4 is 9.47 Å². The van der Waals surface area contributed by atoms with Crippen LogP contribution in [-0.4, -0.2) is 87.2 Å². The van der Waals surface area contributed by atoms with E-state index in [0.29, 0.717) is 11.1 Å². The first-order valence-electron chi connectivity index (χ1n) is 11.0. The third kappa shape index (κ3) is 5.41. The average Bonchev–Trinajstić information content (AvgIpc) is 2.84. The summed E-state index contributed by atoms with van der Waals surface area (Å²) >= 11 is 0.